The first-order valence-corrected chi connectivity index (χ1v) is 9.10. The maximum atomic E-state index is 4.31. The Morgan fingerprint density at radius 3 is 2.44 bits per heavy atom. The highest BCUT2D eigenvalue weighted by Gasteiger charge is 2.07. The van der Waals surface area contributed by atoms with Crippen LogP contribution in [0.4, 0.5) is 0 Å². The number of benzene rings is 2. The van der Waals surface area contributed by atoms with Gasteiger partial charge in [0.1, 0.15) is 12.7 Å². The molecule has 0 saturated heterocycles. The molecule has 1 heterocycles. The van der Waals surface area contributed by atoms with Crippen molar-refractivity contribution < 1.29 is 0 Å². The first-order chi connectivity index (χ1) is 13.2. The minimum Gasteiger partial charge on any atom is -0.356 e. The van der Waals surface area contributed by atoms with E-state index in [0.717, 1.165) is 18.2 Å². The number of nitrogens with zero attached hydrogens (tertiary/aromatic N) is 4. The largest absolute Gasteiger partial charge is 0.356 e. The predicted octanol–water partition coefficient (Wildman–Crippen LogP) is 3.04. The minimum atomic E-state index is 0.408. The van der Waals surface area contributed by atoms with Crippen LogP contribution < -0.4 is 10.6 Å². The molecule has 0 saturated carbocycles. The van der Waals surface area contributed by atoms with Crippen LogP contribution in [0.3, 0.4) is 0 Å². The Balaban J connectivity index is 1.49. The lowest BCUT2D eigenvalue weighted by Gasteiger charge is -2.16. The summed E-state index contributed by atoms with van der Waals surface area (Å²) in [6.07, 6.45) is 3.22. The molecule has 3 aromatic rings. The van der Waals surface area contributed by atoms with Gasteiger partial charge in [0, 0.05) is 20.1 Å². The number of nitrogens with one attached hydrogen (secondary N) is 2. The molecule has 6 heteroatoms. The summed E-state index contributed by atoms with van der Waals surface area (Å²) in [7, 11) is 1.79. The van der Waals surface area contributed by atoms with Crippen LogP contribution in [-0.2, 0) is 6.54 Å². The molecule has 6 nitrogen and oxygen atoms in total. The molecule has 2 N–H and O–H groups in total. The van der Waals surface area contributed by atoms with E-state index in [4.69, 9.17) is 0 Å². The van der Waals surface area contributed by atoms with E-state index in [1.54, 1.807) is 18.1 Å². The van der Waals surface area contributed by atoms with Crippen LogP contribution in [0.5, 0.6) is 0 Å². The molecule has 0 fully saturated rings. The molecule has 0 radical (unpaired) electrons. The maximum Gasteiger partial charge on any atom is 0.191 e. The SMILES string of the molecule is CN=C(NCc1ccc(-n2cncn2)cc1)NCC(C)c1ccc(C)cc1. The Hall–Kier alpha value is -3.15. The summed E-state index contributed by atoms with van der Waals surface area (Å²) in [4.78, 5) is 8.28. The first kappa shape index (κ1) is 18.6. The third-order valence-electron chi connectivity index (χ3n) is 4.53. The molecule has 0 aliphatic carbocycles. The molecule has 0 aliphatic heterocycles. The monoisotopic (exact) mass is 362 g/mol. The third-order valence-corrected chi connectivity index (χ3v) is 4.53. The zero-order valence-corrected chi connectivity index (χ0v) is 16.1. The summed E-state index contributed by atoms with van der Waals surface area (Å²) in [5.41, 5.74) is 4.78. The van der Waals surface area contributed by atoms with Gasteiger partial charge in [-0.2, -0.15) is 5.10 Å². The highest BCUT2D eigenvalue weighted by atomic mass is 15.3. The van der Waals surface area contributed by atoms with Crippen molar-refractivity contribution in [1.82, 2.24) is 25.4 Å². The van der Waals surface area contributed by atoms with Gasteiger partial charge < -0.3 is 10.6 Å². The van der Waals surface area contributed by atoms with Crippen LogP contribution in [0, 0.1) is 6.92 Å². The van der Waals surface area contributed by atoms with Crippen molar-refractivity contribution in [2.24, 2.45) is 4.99 Å². The zero-order chi connectivity index (χ0) is 19.1. The molecule has 3 rings (SSSR count). The topological polar surface area (TPSA) is 67.1 Å². The van der Waals surface area contributed by atoms with Crippen LogP contribution in [0.15, 0.2) is 66.2 Å². The van der Waals surface area contributed by atoms with E-state index in [1.807, 2.05) is 12.1 Å². The summed E-state index contributed by atoms with van der Waals surface area (Å²) in [6.45, 7) is 5.86. The third kappa shape index (κ3) is 5.17. The van der Waals surface area contributed by atoms with Crippen molar-refractivity contribution >= 4 is 5.96 Å². The van der Waals surface area contributed by atoms with Gasteiger partial charge in [0.2, 0.25) is 0 Å². The second kappa shape index (κ2) is 8.98. The zero-order valence-electron chi connectivity index (χ0n) is 16.1. The van der Waals surface area contributed by atoms with Crippen molar-refractivity contribution in [3.8, 4) is 5.69 Å². The van der Waals surface area contributed by atoms with Gasteiger partial charge in [0.15, 0.2) is 5.96 Å². The average molecular weight is 362 g/mol. The highest BCUT2D eigenvalue weighted by Crippen LogP contribution is 2.14. The molecule has 1 aromatic heterocycles. The lowest BCUT2D eigenvalue weighted by atomic mass is 10.0. The lowest BCUT2D eigenvalue weighted by Crippen LogP contribution is -2.38. The molecule has 140 valence electrons. The van der Waals surface area contributed by atoms with Crippen molar-refractivity contribution in [2.75, 3.05) is 13.6 Å². The molecule has 1 unspecified atom stereocenters. The summed E-state index contributed by atoms with van der Waals surface area (Å²) < 4.78 is 1.74. The van der Waals surface area contributed by atoms with Crippen molar-refractivity contribution in [1.29, 1.82) is 0 Å². The summed E-state index contributed by atoms with van der Waals surface area (Å²) in [6, 6.07) is 16.9. The van der Waals surface area contributed by atoms with Crippen LogP contribution >= 0.6 is 0 Å². The number of guanidine groups is 1. The van der Waals surface area contributed by atoms with Gasteiger partial charge in [-0.3, -0.25) is 4.99 Å². The molecular formula is C21H26N6. The van der Waals surface area contributed by atoms with Crippen LogP contribution in [0.25, 0.3) is 5.69 Å². The van der Waals surface area contributed by atoms with Crippen molar-refractivity contribution in [3.63, 3.8) is 0 Å². The van der Waals surface area contributed by atoms with Gasteiger partial charge in [0.05, 0.1) is 5.69 Å². The van der Waals surface area contributed by atoms with Crippen LogP contribution in [-0.4, -0.2) is 34.3 Å². The quantitative estimate of drug-likeness (QED) is 0.522. The van der Waals surface area contributed by atoms with Gasteiger partial charge in [-0.15, -0.1) is 0 Å². The van der Waals surface area contributed by atoms with E-state index in [9.17, 15) is 0 Å². The lowest BCUT2D eigenvalue weighted by molar-refractivity contribution is 0.698. The number of aromatic nitrogens is 3. The van der Waals surface area contributed by atoms with Crippen molar-refractivity contribution in [3.05, 3.63) is 77.9 Å². The number of rotatable bonds is 6. The number of hydrogen-bond acceptors (Lipinski definition) is 3. The summed E-state index contributed by atoms with van der Waals surface area (Å²) in [5, 5.41) is 10.9. The van der Waals surface area contributed by atoms with Crippen LogP contribution in [0.1, 0.15) is 29.5 Å². The summed E-state index contributed by atoms with van der Waals surface area (Å²) >= 11 is 0. The minimum absolute atomic E-state index is 0.408. The van der Waals surface area contributed by atoms with Crippen LogP contribution in [0.2, 0.25) is 0 Å². The molecule has 0 spiro atoms. The smallest absolute Gasteiger partial charge is 0.191 e. The summed E-state index contributed by atoms with van der Waals surface area (Å²) in [5.74, 6) is 1.21. The Morgan fingerprint density at radius 2 is 1.81 bits per heavy atom. The van der Waals surface area contributed by atoms with Crippen molar-refractivity contribution in [2.45, 2.75) is 26.3 Å². The second-order valence-electron chi connectivity index (χ2n) is 6.62. The highest BCUT2D eigenvalue weighted by molar-refractivity contribution is 5.79. The fraction of sp³-hybridized carbons (Fsp3) is 0.286. The number of hydrogen-bond donors (Lipinski definition) is 2. The molecule has 0 amide bonds. The number of aryl methyl sites for hydroxylation is 1. The standard InChI is InChI=1S/C21H26N6/c1-16-4-8-19(9-5-16)17(2)12-24-21(22-3)25-13-18-6-10-20(11-7-18)27-15-23-14-26-27/h4-11,14-15,17H,12-13H2,1-3H3,(H2,22,24,25). The maximum absolute atomic E-state index is 4.31. The van der Waals surface area contributed by atoms with E-state index >= 15 is 0 Å². The Morgan fingerprint density at radius 1 is 1.07 bits per heavy atom. The van der Waals surface area contributed by atoms with E-state index < -0.39 is 0 Å². The van der Waals surface area contributed by atoms with Gasteiger partial charge >= 0.3 is 0 Å². The van der Waals surface area contributed by atoms with Gasteiger partial charge in [-0.25, -0.2) is 9.67 Å². The molecular weight excluding hydrogens is 336 g/mol. The molecule has 27 heavy (non-hydrogen) atoms. The second-order valence-corrected chi connectivity index (χ2v) is 6.62. The van der Waals surface area contributed by atoms with E-state index in [2.05, 4.69) is 76.0 Å². The Kier molecular flexibility index (Phi) is 6.20. The van der Waals surface area contributed by atoms with E-state index in [0.29, 0.717) is 12.5 Å². The molecule has 2 aromatic carbocycles. The first-order valence-electron chi connectivity index (χ1n) is 9.10. The van der Waals surface area contributed by atoms with Gasteiger partial charge in [-0.05, 0) is 36.1 Å². The fourth-order valence-electron chi connectivity index (χ4n) is 2.78. The van der Waals surface area contributed by atoms with Gasteiger partial charge in [-0.1, -0.05) is 48.9 Å². The Labute approximate surface area is 160 Å². The average Bonchev–Trinajstić information content (AvgIpc) is 3.24. The predicted molar refractivity (Wildman–Crippen MR) is 109 cm³/mol. The molecule has 0 bridgehead atoms. The molecule has 1 atom stereocenters. The fourth-order valence-corrected chi connectivity index (χ4v) is 2.78. The van der Waals surface area contributed by atoms with Gasteiger partial charge in [0.25, 0.3) is 0 Å². The van der Waals surface area contributed by atoms with E-state index in [-0.39, 0.29) is 0 Å². The molecule has 0 aliphatic rings. The Bertz CT molecular complexity index is 851. The normalized spacial score (nSPS) is 12.6. The van der Waals surface area contributed by atoms with E-state index in [1.165, 1.54) is 23.0 Å². The number of aliphatic imine (C=N–C) groups is 1.